The minimum absolute atomic E-state index is 0.142. The normalized spacial score (nSPS) is 21.0. The smallest absolute Gasteiger partial charge is 0.407 e. The Balaban J connectivity index is 2.12. The van der Waals surface area contributed by atoms with Gasteiger partial charge in [0.1, 0.15) is 0 Å². The number of rotatable bonds is 8. The first kappa shape index (κ1) is 18.6. The van der Waals surface area contributed by atoms with E-state index in [1.165, 1.54) is 0 Å². The molecule has 0 spiro atoms. The molecule has 2 N–H and O–H groups in total. The largest absolute Gasteiger partial charge is 0.450 e. The summed E-state index contributed by atoms with van der Waals surface area (Å²) in [5.74, 6) is 0. The quantitative estimate of drug-likeness (QED) is 0.674. The zero-order chi connectivity index (χ0) is 16.2. The molecule has 1 saturated carbocycles. The number of carbonyl (C=O) groups is 2. The van der Waals surface area contributed by atoms with Crippen molar-refractivity contribution in [2.24, 2.45) is 0 Å². The van der Waals surface area contributed by atoms with E-state index in [9.17, 15) is 9.59 Å². The average molecular weight is 314 g/mol. The van der Waals surface area contributed by atoms with Crippen molar-refractivity contribution in [3.63, 3.8) is 0 Å². The third kappa shape index (κ3) is 8.10. The van der Waals surface area contributed by atoms with Crippen LogP contribution in [0.25, 0.3) is 0 Å². The van der Waals surface area contributed by atoms with Crippen molar-refractivity contribution in [3.05, 3.63) is 0 Å². The van der Waals surface area contributed by atoms with E-state index in [0.29, 0.717) is 13.2 Å². The Morgan fingerprint density at radius 1 is 0.818 bits per heavy atom. The van der Waals surface area contributed by atoms with Gasteiger partial charge in [-0.15, -0.1) is 0 Å². The molecule has 2 amide bonds. The molecular formula is C16H30N2O4. The lowest BCUT2D eigenvalue weighted by molar-refractivity contribution is 0.130. The van der Waals surface area contributed by atoms with Gasteiger partial charge in [0.2, 0.25) is 0 Å². The lowest BCUT2D eigenvalue weighted by Gasteiger charge is -2.29. The molecule has 0 bridgehead atoms. The second kappa shape index (κ2) is 11.2. The first-order chi connectivity index (χ1) is 10.7. The highest BCUT2D eigenvalue weighted by molar-refractivity contribution is 5.68. The summed E-state index contributed by atoms with van der Waals surface area (Å²) in [6, 6.07) is 0.284. The van der Waals surface area contributed by atoms with Crippen molar-refractivity contribution >= 4 is 12.2 Å². The number of amides is 2. The van der Waals surface area contributed by atoms with Gasteiger partial charge in [-0.3, -0.25) is 0 Å². The molecule has 1 aliphatic rings. The summed E-state index contributed by atoms with van der Waals surface area (Å²) in [5.41, 5.74) is 0. The van der Waals surface area contributed by atoms with E-state index in [0.717, 1.165) is 51.4 Å². The van der Waals surface area contributed by atoms with Gasteiger partial charge < -0.3 is 20.1 Å². The highest BCUT2D eigenvalue weighted by Crippen LogP contribution is 2.19. The van der Waals surface area contributed by atoms with Gasteiger partial charge in [-0.25, -0.2) is 9.59 Å². The van der Waals surface area contributed by atoms with Crippen molar-refractivity contribution in [2.75, 3.05) is 13.2 Å². The van der Waals surface area contributed by atoms with Crippen LogP contribution in [-0.4, -0.2) is 37.5 Å². The Hall–Kier alpha value is -1.46. The molecule has 128 valence electrons. The summed E-state index contributed by atoms with van der Waals surface area (Å²) in [6.07, 6.45) is 6.55. The highest BCUT2D eigenvalue weighted by Gasteiger charge is 2.24. The van der Waals surface area contributed by atoms with E-state index in [1.807, 2.05) is 0 Å². The summed E-state index contributed by atoms with van der Waals surface area (Å²) in [7, 11) is 0. The number of carbonyl (C=O) groups excluding carboxylic acids is 2. The highest BCUT2D eigenvalue weighted by atomic mass is 16.6. The minimum atomic E-state index is -0.330. The Morgan fingerprint density at radius 3 is 1.50 bits per heavy atom. The molecule has 0 aromatic rings. The molecule has 0 aliphatic heterocycles. The third-order valence-electron chi connectivity index (χ3n) is 3.83. The van der Waals surface area contributed by atoms with Gasteiger partial charge >= 0.3 is 12.2 Å². The SMILES string of the molecule is CCCCOC(=O)NC1CCC(NC(=O)OCCCC)CC1. The van der Waals surface area contributed by atoms with Crippen LogP contribution in [0.4, 0.5) is 9.59 Å². The topological polar surface area (TPSA) is 76.7 Å². The average Bonchev–Trinajstić information content (AvgIpc) is 2.50. The van der Waals surface area contributed by atoms with Crippen molar-refractivity contribution < 1.29 is 19.1 Å². The monoisotopic (exact) mass is 314 g/mol. The molecule has 0 radical (unpaired) electrons. The van der Waals surface area contributed by atoms with Crippen LogP contribution < -0.4 is 10.6 Å². The van der Waals surface area contributed by atoms with Crippen molar-refractivity contribution in [2.45, 2.75) is 77.3 Å². The van der Waals surface area contributed by atoms with Crippen molar-refractivity contribution in [3.8, 4) is 0 Å². The van der Waals surface area contributed by atoms with Crippen LogP contribution in [-0.2, 0) is 9.47 Å². The number of alkyl carbamates (subject to hydrolysis) is 2. The molecule has 0 heterocycles. The summed E-state index contributed by atoms with van der Waals surface area (Å²) < 4.78 is 10.2. The maximum Gasteiger partial charge on any atom is 0.407 e. The summed E-state index contributed by atoms with van der Waals surface area (Å²) in [4.78, 5) is 23.1. The molecule has 0 aromatic heterocycles. The molecule has 0 aromatic carbocycles. The van der Waals surface area contributed by atoms with Crippen LogP contribution in [0.15, 0.2) is 0 Å². The van der Waals surface area contributed by atoms with Crippen molar-refractivity contribution in [1.82, 2.24) is 10.6 Å². The van der Waals surface area contributed by atoms with Crippen LogP contribution in [0.2, 0.25) is 0 Å². The van der Waals surface area contributed by atoms with Gasteiger partial charge in [-0.2, -0.15) is 0 Å². The fraction of sp³-hybridized carbons (Fsp3) is 0.875. The minimum Gasteiger partial charge on any atom is -0.450 e. The summed E-state index contributed by atoms with van der Waals surface area (Å²) in [5, 5.41) is 5.78. The van der Waals surface area contributed by atoms with E-state index in [-0.39, 0.29) is 24.3 Å². The standard InChI is InChI=1S/C16H30N2O4/c1-3-5-11-21-15(19)17-13-7-9-14(10-8-13)18-16(20)22-12-6-4-2/h13-14H,3-12H2,1-2H3,(H,17,19)(H,18,20). The van der Waals surface area contributed by atoms with Crippen LogP contribution in [0.3, 0.4) is 0 Å². The Kier molecular flexibility index (Phi) is 9.42. The van der Waals surface area contributed by atoms with Crippen LogP contribution in [0.1, 0.15) is 65.2 Å². The molecule has 6 heteroatoms. The predicted octanol–water partition coefficient (Wildman–Crippen LogP) is 3.35. The molecular weight excluding hydrogens is 284 g/mol. The molecule has 6 nitrogen and oxygen atoms in total. The number of ether oxygens (including phenoxy) is 2. The number of nitrogens with one attached hydrogen (secondary N) is 2. The summed E-state index contributed by atoms with van der Waals surface area (Å²) >= 11 is 0. The Bertz CT molecular complexity index is 296. The van der Waals surface area contributed by atoms with E-state index in [2.05, 4.69) is 24.5 Å². The summed E-state index contributed by atoms with van der Waals surface area (Å²) in [6.45, 7) is 5.07. The molecule has 22 heavy (non-hydrogen) atoms. The van der Waals surface area contributed by atoms with Gasteiger partial charge in [0.05, 0.1) is 13.2 Å². The number of hydrogen-bond donors (Lipinski definition) is 2. The second-order valence-corrected chi connectivity index (χ2v) is 5.82. The van der Waals surface area contributed by atoms with Gasteiger partial charge in [0.15, 0.2) is 0 Å². The molecule has 1 aliphatic carbocycles. The third-order valence-corrected chi connectivity index (χ3v) is 3.83. The molecule has 1 rings (SSSR count). The molecule has 0 saturated heterocycles. The van der Waals surface area contributed by atoms with E-state index < -0.39 is 0 Å². The van der Waals surface area contributed by atoms with Gasteiger partial charge in [-0.1, -0.05) is 26.7 Å². The maximum absolute atomic E-state index is 11.6. The van der Waals surface area contributed by atoms with Gasteiger partial charge in [0, 0.05) is 12.1 Å². The van der Waals surface area contributed by atoms with E-state index in [4.69, 9.17) is 9.47 Å². The van der Waals surface area contributed by atoms with Crippen molar-refractivity contribution in [1.29, 1.82) is 0 Å². The van der Waals surface area contributed by atoms with E-state index in [1.54, 1.807) is 0 Å². The zero-order valence-electron chi connectivity index (χ0n) is 13.9. The predicted molar refractivity (Wildman–Crippen MR) is 84.8 cm³/mol. The Morgan fingerprint density at radius 2 is 1.18 bits per heavy atom. The number of hydrogen-bond acceptors (Lipinski definition) is 4. The van der Waals surface area contributed by atoms with Crippen LogP contribution in [0, 0.1) is 0 Å². The second-order valence-electron chi connectivity index (χ2n) is 5.82. The first-order valence-corrected chi connectivity index (χ1v) is 8.52. The molecule has 0 unspecified atom stereocenters. The fourth-order valence-electron chi connectivity index (χ4n) is 2.42. The molecule has 0 atom stereocenters. The van der Waals surface area contributed by atoms with Crippen LogP contribution >= 0.6 is 0 Å². The van der Waals surface area contributed by atoms with Gasteiger partial charge in [-0.05, 0) is 38.5 Å². The fourth-order valence-corrected chi connectivity index (χ4v) is 2.42. The lowest BCUT2D eigenvalue weighted by atomic mass is 9.91. The lowest BCUT2D eigenvalue weighted by Crippen LogP contribution is -2.44. The van der Waals surface area contributed by atoms with Crippen LogP contribution in [0.5, 0.6) is 0 Å². The molecule has 1 fully saturated rings. The maximum atomic E-state index is 11.6. The van der Waals surface area contributed by atoms with Gasteiger partial charge in [0.25, 0.3) is 0 Å². The van der Waals surface area contributed by atoms with E-state index >= 15 is 0 Å². The zero-order valence-corrected chi connectivity index (χ0v) is 13.9. The number of unbranched alkanes of at least 4 members (excludes halogenated alkanes) is 2. The first-order valence-electron chi connectivity index (χ1n) is 8.52. The Labute approximate surface area is 133 Å².